The molecule has 1 aromatic heterocycles. The molecule has 3 aromatic rings. The Labute approximate surface area is 214 Å². The topological polar surface area (TPSA) is 61.9 Å². The molecule has 3 rings (SSSR count). The van der Waals surface area contributed by atoms with E-state index in [1.165, 1.54) is 4.90 Å². The monoisotopic (exact) mass is 515 g/mol. The first-order valence-electron chi connectivity index (χ1n) is 11.8. The number of halogens is 2. The molecule has 192 valence electrons. The Morgan fingerprint density at radius 1 is 1.00 bits per heavy atom. The zero-order chi connectivity index (χ0) is 25.9. The smallest absolute Gasteiger partial charge is 0.322 e. The molecular formula is C27H31F2N3O3S. The lowest BCUT2D eigenvalue weighted by molar-refractivity contribution is -0.133. The summed E-state index contributed by atoms with van der Waals surface area (Å²) in [4.78, 5) is 31.8. The molecule has 0 atom stereocenters. The molecule has 0 aliphatic carbocycles. The van der Waals surface area contributed by atoms with E-state index in [0.717, 1.165) is 27.5 Å². The zero-order valence-electron chi connectivity index (χ0n) is 20.5. The molecule has 0 bridgehead atoms. The fourth-order valence-electron chi connectivity index (χ4n) is 3.60. The van der Waals surface area contributed by atoms with Crippen molar-refractivity contribution in [1.29, 1.82) is 0 Å². The second-order valence-electron chi connectivity index (χ2n) is 8.27. The molecule has 0 spiro atoms. The summed E-state index contributed by atoms with van der Waals surface area (Å²) in [6.07, 6.45) is 0.503. The number of urea groups is 1. The molecule has 9 heteroatoms. The number of amides is 3. The molecule has 0 saturated heterocycles. The van der Waals surface area contributed by atoms with Crippen molar-refractivity contribution in [3.8, 4) is 0 Å². The van der Waals surface area contributed by atoms with Gasteiger partial charge in [0.05, 0.1) is 12.2 Å². The van der Waals surface area contributed by atoms with E-state index in [-0.39, 0.29) is 24.7 Å². The number of carbonyl (C=O) groups is 2. The molecule has 1 heterocycles. The number of anilines is 1. The molecule has 0 aliphatic heterocycles. The van der Waals surface area contributed by atoms with Crippen molar-refractivity contribution >= 4 is 29.0 Å². The highest BCUT2D eigenvalue weighted by atomic mass is 32.1. The number of ether oxygens (including phenoxy) is 1. The van der Waals surface area contributed by atoms with Crippen LogP contribution in [0, 0.1) is 18.6 Å². The highest BCUT2D eigenvalue weighted by Gasteiger charge is 2.23. The Morgan fingerprint density at radius 3 is 2.44 bits per heavy atom. The summed E-state index contributed by atoms with van der Waals surface area (Å²) >= 11 is 1.62. The van der Waals surface area contributed by atoms with Crippen LogP contribution in [0.15, 0.2) is 60.7 Å². The van der Waals surface area contributed by atoms with Gasteiger partial charge in [0.25, 0.3) is 0 Å². The summed E-state index contributed by atoms with van der Waals surface area (Å²) in [5.74, 6) is -1.87. The third-order valence-electron chi connectivity index (χ3n) is 5.42. The predicted octanol–water partition coefficient (Wildman–Crippen LogP) is 5.82. The van der Waals surface area contributed by atoms with Crippen molar-refractivity contribution < 1.29 is 23.1 Å². The Kier molecular flexibility index (Phi) is 10.4. The molecule has 1 N–H and O–H groups in total. The van der Waals surface area contributed by atoms with Crippen molar-refractivity contribution in [2.45, 2.75) is 33.4 Å². The number of thiophene rings is 1. The van der Waals surface area contributed by atoms with E-state index in [1.54, 1.807) is 16.2 Å². The van der Waals surface area contributed by atoms with E-state index in [1.807, 2.05) is 56.3 Å². The van der Waals surface area contributed by atoms with Crippen LogP contribution in [0.3, 0.4) is 0 Å². The van der Waals surface area contributed by atoms with E-state index in [9.17, 15) is 18.4 Å². The Bertz CT molecular complexity index is 1140. The number of carbonyl (C=O) groups excluding carboxylic acids is 2. The highest BCUT2D eigenvalue weighted by molar-refractivity contribution is 7.11. The molecule has 0 fully saturated rings. The number of rotatable bonds is 12. The van der Waals surface area contributed by atoms with Gasteiger partial charge in [0.2, 0.25) is 5.91 Å². The van der Waals surface area contributed by atoms with Gasteiger partial charge in [-0.3, -0.25) is 4.79 Å². The molecule has 0 unspecified atom stereocenters. The van der Waals surface area contributed by atoms with Crippen LogP contribution in [0.2, 0.25) is 0 Å². The van der Waals surface area contributed by atoms with Crippen LogP contribution in [-0.4, -0.2) is 48.0 Å². The van der Waals surface area contributed by atoms with Crippen molar-refractivity contribution in [3.05, 3.63) is 87.6 Å². The van der Waals surface area contributed by atoms with E-state index in [0.29, 0.717) is 38.8 Å². The van der Waals surface area contributed by atoms with E-state index in [2.05, 4.69) is 5.32 Å². The second kappa shape index (κ2) is 13.7. The third kappa shape index (κ3) is 8.42. The van der Waals surface area contributed by atoms with Crippen LogP contribution >= 0.6 is 11.3 Å². The molecule has 0 aliphatic rings. The molecular weight excluding hydrogens is 484 g/mol. The number of nitrogens with one attached hydrogen (secondary N) is 1. The molecule has 2 aromatic carbocycles. The van der Waals surface area contributed by atoms with Gasteiger partial charge in [0.15, 0.2) is 0 Å². The lowest BCUT2D eigenvalue weighted by Gasteiger charge is -2.28. The van der Waals surface area contributed by atoms with Gasteiger partial charge in [-0.25, -0.2) is 13.6 Å². The Balaban J connectivity index is 1.76. The standard InChI is InChI=1S/C27H31F2N3O3S/c1-3-35-15-7-14-31(27(34)30-25-13-11-22(28)16-24(25)29)19-26(33)32(17-21-8-5-4-6-9-21)18-23-12-10-20(2)36-23/h4-6,8-13,16H,3,7,14-15,17-19H2,1-2H3,(H,30,34). The lowest BCUT2D eigenvalue weighted by Crippen LogP contribution is -2.44. The summed E-state index contributed by atoms with van der Waals surface area (Å²) in [7, 11) is 0. The van der Waals surface area contributed by atoms with E-state index >= 15 is 0 Å². The molecule has 0 radical (unpaired) electrons. The van der Waals surface area contributed by atoms with Gasteiger partial charge >= 0.3 is 6.03 Å². The molecule has 6 nitrogen and oxygen atoms in total. The number of benzene rings is 2. The first-order valence-corrected chi connectivity index (χ1v) is 12.6. The largest absolute Gasteiger partial charge is 0.382 e. The number of aryl methyl sites for hydroxylation is 1. The van der Waals surface area contributed by atoms with Crippen LogP contribution in [0.1, 0.15) is 28.7 Å². The van der Waals surface area contributed by atoms with Gasteiger partial charge < -0.3 is 19.9 Å². The van der Waals surface area contributed by atoms with Gasteiger partial charge in [0, 0.05) is 42.1 Å². The first kappa shape index (κ1) is 27.3. The molecule has 36 heavy (non-hydrogen) atoms. The molecule has 3 amide bonds. The summed E-state index contributed by atoms with van der Waals surface area (Å²) in [5, 5.41) is 2.46. The average molecular weight is 516 g/mol. The minimum atomic E-state index is -0.886. The van der Waals surface area contributed by atoms with Gasteiger partial charge in [-0.15, -0.1) is 11.3 Å². The number of hydrogen-bond acceptors (Lipinski definition) is 4. The van der Waals surface area contributed by atoms with Crippen molar-refractivity contribution in [1.82, 2.24) is 9.80 Å². The SMILES string of the molecule is CCOCCCN(CC(=O)N(Cc1ccccc1)Cc1ccc(C)s1)C(=O)Nc1ccc(F)cc1F. The quantitative estimate of drug-likeness (QED) is 0.309. The van der Waals surface area contributed by atoms with Crippen LogP contribution in [0.25, 0.3) is 0 Å². The van der Waals surface area contributed by atoms with Crippen molar-refractivity contribution in [2.24, 2.45) is 0 Å². The van der Waals surface area contributed by atoms with Crippen molar-refractivity contribution in [3.63, 3.8) is 0 Å². The summed E-state index contributed by atoms with van der Waals surface area (Å²) < 4.78 is 32.8. The van der Waals surface area contributed by atoms with Gasteiger partial charge in [0.1, 0.15) is 18.2 Å². The fourth-order valence-corrected chi connectivity index (χ4v) is 4.50. The van der Waals surface area contributed by atoms with Crippen LogP contribution in [-0.2, 0) is 22.6 Å². The van der Waals surface area contributed by atoms with Crippen molar-refractivity contribution in [2.75, 3.05) is 31.6 Å². The van der Waals surface area contributed by atoms with Crippen LogP contribution in [0.4, 0.5) is 19.3 Å². The summed E-state index contributed by atoms with van der Waals surface area (Å²) in [6.45, 7) is 5.68. The predicted molar refractivity (Wildman–Crippen MR) is 138 cm³/mol. The number of nitrogens with zero attached hydrogens (tertiary/aromatic N) is 2. The minimum absolute atomic E-state index is 0.154. The first-order chi connectivity index (χ1) is 17.4. The summed E-state index contributed by atoms with van der Waals surface area (Å²) in [6, 6.07) is 15.9. The van der Waals surface area contributed by atoms with E-state index in [4.69, 9.17) is 4.74 Å². The van der Waals surface area contributed by atoms with Crippen LogP contribution in [0.5, 0.6) is 0 Å². The normalized spacial score (nSPS) is 10.8. The van der Waals surface area contributed by atoms with E-state index < -0.39 is 17.7 Å². The fraction of sp³-hybridized carbons (Fsp3) is 0.333. The maximum absolute atomic E-state index is 14.1. The van der Waals surface area contributed by atoms with Gasteiger partial charge in [-0.1, -0.05) is 30.3 Å². The summed E-state index contributed by atoms with van der Waals surface area (Å²) in [5.41, 5.74) is 0.818. The Morgan fingerprint density at radius 2 is 1.78 bits per heavy atom. The number of hydrogen-bond donors (Lipinski definition) is 1. The average Bonchev–Trinajstić information content (AvgIpc) is 3.27. The maximum atomic E-state index is 14.1. The highest BCUT2D eigenvalue weighted by Crippen LogP contribution is 2.20. The maximum Gasteiger partial charge on any atom is 0.322 e. The zero-order valence-corrected chi connectivity index (χ0v) is 21.3. The second-order valence-corrected chi connectivity index (χ2v) is 9.65. The third-order valence-corrected chi connectivity index (χ3v) is 6.40. The van der Waals surface area contributed by atoms with Gasteiger partial charge in [-0.05, 0) is 50.1 Å². The lowest BCUT2D eigenvalue weighted by atomic mass is 10.2. The Hall–Kier alpha value is -3.30. The minimum Gasteiger partial charge on any atom is -0.382 e. The van der Waals surface area contributed by atoms with Gasteiger partial charge in [-0.2, -0.15) is 0 Å². The van der Waals surface area contributed by atoms with Crippen LogP contribution < -0.4 is 5.32 Å². The molecule has 0 saturated carbocycles.